The Morgan fingerprint density at radius 2 is 1.85 bits per heavy atom. The Kier molecular flexibility index (Phi) is 6.09. The molecule has 0 fully saturated rings. The summed E-state index contributed by atoms with van der Waals surface area (Å²) in [4.78, 5) is 10.0. The van der Waals surface area contributed by atoms with Crippen molar-refractivity contribution < 1.29 is 13.3 Å². The molecule has 26 heavy (non-hydrogen) atoms. The summed E-state index contributed by atoms with van der Waals surface area (Å²) in [5.41, 5.74) is 2.82. The second-order valence-corrected chi connectivity index (χ2v) is 7.74. The number of sulfonamides is 1. The molecule has 0 unspecified atom stereocenters. The van der Waals surface area contributed by atoms with Gasteiger partial charge in [0.05, 0.1) is 30.6 Å². The highest BCUT2D eigenvalue weighted by Crippen LogP contribution is 2.33. The number of primary sulfonamides is 1. The average molecular weight is 438 g/mol. The maximum atomic E-state index is 11.3. The Morgan fingerprint density at radius 3 is 2.42 bits per heavy atom. The van der Waals surface area contributed by atoms with E-state index in [1.807, 2.05) is 0 Å². The third-order valence-electron chi connectivity index (χ3n) is 3.26. The first-order chi connectivity index (χ1) is 12.0. The normalized spacial score (nSPS) is 12.1. The lowest BCUT2D eigenvalue weighted by Gasteiger charge is -2.08. The third kappa shape index (κ3) is 4.43. The molecule has 8 nitrogen and oxygen atoms in total. The van der Waals surface area contributed by atoms with Gasteiger partial charge in [0.15, 0.2) is 0 Å². The molecule has 0 saturated carbocycles. The van der Waals surface area contributed by atoms with E-state index in [9.17, 15) is 18.5 Å². The highest BCUT2D eigenvalue weighted by molar-refractivity contribution is 7.89. The first-order valence-electron chi connectivity index (χ1n) is 6.77. The lowest BCUT2D eigenvalue weighted by molar-refractivity contribution is -0.384. The van der Waals surface area contributed by atoms with Crippen molar-refractivity contribution in [3.63, 3.8) is 0 Å². The van der Waals surface area contributed by atoms with E-state index in [0.717, 1.165) is 12.1 Å². The van der Waals surface area contributed by atoms with Crippen LogP contribution in [-0.2, 0) is 10.0 Å². The van der Waals surface area contributed by atoms with Gasteiger partial charge in [-0.1, -0.05) is 40.9 Å². The summed E-state index contributed by atoms with van der Waals surface area (Å²) < 4.78 is 22.7. The molecule has 0 aliphatic carbocycles. The summed E-state index contributed by atoms with van der Waals surface area (Å²) in [7, 11) is -4.08. The lowest BCUT2D eigenvalue weighted by Crippen LogP contribution is -2.12. The van der Waals surface area contributed by atoms with Crippen molar-refractivity contribution in [1.82, 2.24) is 0 Å². The number of hydrazone groups is 1. The Hall–Kier alpha value is -1.91. The van der Waals surface area contributed by atoms with E-state index in [1.54, 1.807) is 13.0 Å². The molecular formula is C14H11Cl3N4O4S. The molecule has 0 aliphatic heterocycles. The number of benzene rings is 2. The topological polar surface area (TPSA) is 128 Å². The maximum absolute atomic E-state index is 11.3. The molecule has 2 rings (SSSR count). The average Bonchev–Trinajstić information content (AvgIpc) is 2.56. The van der Waals surface area contributed by atoms with Crippen LogP contribution in [0.3, 0.4) is 0 Å². The number of nitrogens with zero attached hydrogens (tertiary/aromatic N) is 2. The highest BCUT2D eigenvalue weighted by Gasteiger charge is 2.19. The largest absolute Gasteiger partial charge is 0.295 e. The van der Waals surface area contributed by atoms with E-state index in [-0.39, 0.29) is 25.7 Å². The fourth-order valence-corrected chi connectivity index (χ4v) is 3.15. The number of hydrogen-bond donors (Lipinski definition) is 2. The van der Waals surface area contributed by atoms with Crippen LogP contribution in [0.2, 0.25) is 15.1 Å². The van der Waals surface area contributed by atoms with Gasteiger partial charge in [0.25, 0.3) is 5.69 Å². The first kappa shape index (κ1) is 20.4. The number of halogens is 3. The standard InChI is InChI=1S/C14H11Cl3N4O4S/c1-7(9-3-4-10(15)14(17)13(9)16)19-20-11-5-2-8(26(18,24)25)6-12(11)21(22)23/h2-6,20H,1H3,(H2,18,24,25). The summed E-state index contributed by atoms with van der Waals surface area (Å²) >= 11 is 18.0. The molecule has 0 radical (unpaired) electrons. The van der Waals surface area contributed by atoms with Crippen LogP contribution in [0.15, 0.2) is 40.3 Å². The number of anilines is 1. The zero-order chi connectivity index (χ0) is 19.6. The predicted molar refractivity (Wildman–Crippen MR) is 102 cm³/mol. The highest BCUT2D eigenvalue weighted by atomic mass is 35.5. The molecule has 0 spiro atoms. The lowest BCUT2D eigenvalue weighted by atomic mass is 10.1. The number of nitro benzene ring substituents is 1. The van der Waals surface area contributed by atoms with E-state index in [1.165, 1.54) is 12.1 Å². The van der Waals surface area contributed by atoms with Crippen LogP contribution in [0.1, 0.15) is 12.5 Å². The Morgan fingerprint density at radius 1 is 1.19 bits per heavy atom. The molecule has 0 aliphatic rings. The number of hydrogen-bond acceptors (Lipinski definition) is 6. The van der Waals surface area contributed by atoms with Gasteiger partial charge in [-0.15, -0.1) is 0 Å². The number of rotatable bonds is 5. The summed E-state index contributed by atoms with van der Waals surface area (Å²) in [5.74, 6) is 0. The minimum absolute atomic E-state index is 0.0297. The molecule has 0 saturated heterocycles. The van der Waals surface area contributed by atoms with E-state index in [2.05, 4.69) is 10.5 Å². The Balaban J connectivity index is 2.41. The zero-order valence-corrected chi connectivity index (χ0v) is 16.1. The van der Waals surface area contributed by atoms with Gasteiger partial charge in [0.2, 0.25) is 10.0 Å². The fraction of sp³-hybridized carbons (Fsp3) is 0.0714. The molecule has 12 heteroatoms. The van der Waals surface area contributed by atoms with Crippen molar-refractivity contribution >= 4 is 61.9 Å². The van der Waals surface area contributed by atoms with Crippen LogP contribution in [-0.4, -0.2) is 19.1 Å². The van der Waals surface area contributed by atoms with Crippen LogP contribution < -0.4 is 10.6 Å². The molecule has 0 atom stereocenters. The van der Waals surface area contributed by atoms with E-state index in [4.69, 9.17) is 39.9 Å². The third-order valence-corrected chi connectivity index (χ3v) is 5.47. The summed E-state index contributed by atoms with van der Waals surface area (Å²) in [5, 5.41) is 20.8. The van der Waals surface area contributed by atoms with E-state index in [0.29, 0.717) is 11.3 Å². The van der Waals surface area contributed by atoms with Gasteiger partial charge in [-0.3, -0.25) is 15.5 Å². The quantitative estimate of drug-likeness (QED) is 0.316. The molecule has 0 aromatic heterocycles. The van der Waals surface area contributed by atoms with Crippen molar-refractivity contribution in [3.05, 3.63) is 61.1 Å². The molecule has 2 aromatic rings. The molecule has 0 bridgehead atoms. The van der Waals surface area contributed by atoms with E-state index < -0.39 is 20.6 Å². The maximum Gasteiger partial charge on any atom is 0.295 e. The molecule has 3 N–H and O–H groups in total. The fourth-order valence-electron chi connectivity index (χ4n) is 1.94. The van der Waals surface area contributed by atoms with Gasteiger partial charge in [0.1, 0.15) is 5.69 Å². The van der Waals surface area contributed by atoms with Gasteiger partial charge in [0, 0.05) is 11.6 Å². The van der Waals surface area contributed by atoms with Crippen LogP contribution >= 0.6 is 34.8 Å². The van der Waals surface area contributed by atoms with Crippen molar-refractivity contribution in [1.29, 1.82) is 0 Å². The number of nitrogens with one attached hydrogen (secondary N) is 1. The molecule has 2 aromatic carbocycles. The smallest absolute Gasteiger partial charge is 0.271 e. The minimum atomic E-state index is -4.08. The Labute approximate surface area is 163 Å². The number of nitrogens with two attached hydrogens (primary N) is 1. The second-order valence-electron chi connectivity index (χ2n) is 5.01. The molecular weight excluding hydrogens is 427 g/mol. The van der Waals surface area contributed by atoms with Crippen LogP contribution in [0.5, 0.6) is 0 Å². The van der Waals surface area contributed by atoms with Crippen molar-refractivity contribution in [2.24, 2.45) is 10.2 Å². The van der Waals surface area contributed by atoms with Crippen molar-refractivity contribution in [2.75, 3.05) is 5.43 Å². The van der Waals surface area contributed by atoms with Crippen molar-refractivity contribution in [2.45, 2.75) is 11.8 Å². The number of nitro groups is 1. The van der Waals surface area contributed by atoms with Gasteiger partial charge in [-0.25, -0.2) is 13.6 Å². The van der Waals surface area contributed by atoms with Crippen LogP contribution in [0.4, 0.5) is 11.4 Å². The zero-order valence-electron chi connectivity index (χ0n) is 13.0. The van der Waals surface area contributed by atoms with Gasteiger partial charge in [-0.2, -0.15) is 5.10 Å². The Bertz CT molecular complexity index is 1030. The minimum Gasteiger partial charge on any atom is -0.271 e. The first-order valence-corrected chi connectivity index (χ1v) is 9.46. The molecule has 138 valence electrons. The predicted octanol–water partition coefficient (Wildman–Crippen LogP) is 4.04. The molecule has 0 amide bonds. The van der Waals surface area contributed by atoms with Gasteiger partial charge < -0.3 is 0 Å². The SMILES string of the molecule is CC(=NNc1ccc(S(N)(=O)=O)cc1[N+](=O)[O-])c1ccc(Cl)c(Cl)c1Cl. The van der Waals surface area contributed by atoms with Gasteiger partial charge >= 0.3 is 0 Å². The summed E-state index contributed by atoms with van der Waals surface area (Å²) in [6.45, 7) is 1.60. The van der Waals surface area contributed by atoms with Crippen molar-refractivity contribution in [3.8, 4) is 0 Å². The monoisotopic (exact) mass is 436 g/mol. The van der Waals surface area contributed by atoms with Crippen LogP contribution in [0, 0.1) is 10.1 Å². The summed E-state index contributed by atoms with van der Waals surface area (Å²) in [6, 6.07) is 6.28. The second kappa shape index (κ2) is 7.77. The van der Waals surface area contributed by atoms with E-state index >= 15 is 0 Å². The van der Waals surface area contributed by atoms with Crippen LogP contribution in [0.25, 0.3) is 0 Å². The summed E-state index contributed by atoms with van der Waals surface area (Å²) in [6.07, 6.45) is 0. The van der Waals surface area contributed by atoms with Gasteiger partial charge in [-0.05, 0) is 25.1 Å². The molecule has 0 heterocycles.